The summed E-state index contributed by atoms with van der Waals surface area (Å²) in [6, 6.07) is 4.90. The van der Waals surface area contributed by atoms with Crippen LogP contribution in [-0.2, 0) is 29.0 Å². The number of carbonyl (C=O) groups excluding carboxylic acids is 1. The van der Waals surface area contributed by atoms with Gasteiger partial charge in [0, 0.05) is 31.3 Å². The minimum Gasteiger partial charge on any atom is -0.493 e. The van der Waals surface area contributed by atoms with Gasteiger partial charge in [0.1, 0.15) is 17.6 Å². The van der Waals surface area contributed by atoms with Gasteiger partial charge in [0.05, 0.1) is 12.3 Å². The van der Waals surface area contributed by atoms with Crippen LogP contribution in [-0.4, -0.2) is 45.1 Å². The zero-order chi connectivity index (χ0) is 30.6. The Kier molecular flexibility index (Phi) is 13.6. The van der Waals surface area contributed by atoms with Gasteiger partial charge < -0.3 is 24.9 Å². The molecule has 2 aromatic rings. The normalized spacial score (nSPS) is 15.0. The van der Waals surface area contributed by atoms with Gasteiger partial charge in [-0.1, -0.05) is 45.8 Å². The van der Waals surface area contributed by atoms with E-state index < -0.39 is 12.0 Å². The first-order valence-corrected chi connectivity index (χ1v) is 15.0. The molecule has 1 aromatic carbocycles. The largest absolute Gasteiger partial charge is 0.493 e. The molecule has 0 unspecified atom stereocenters. The summed E-state index contributed by atoms with van der Waals surface area (Å²) in [5, 5.41) is 9.70. The van der Waals surface area contributed by atoms with E-state index in [0.29, 0.717) is 50.0 Å². The van der Waals surface area contributed by atoms with Gasteiger partial charge in [0.2, 0.25) is 11.8 Å². The van der Waals surface area contributed by atoms with Crippen LogP contribution in [0.5, 0.6) is 5.75 Å². The summed E-state index contributed by atoms with van der Waals surface area (Å²) in [5.41, 5.74) is 8.13. The number of allylic oxidation sites excluding steroid dienone is 1. The van der Waals surface area contributed by atoms with E-state index in [1.165, 1.54) is 4.90 Å². The Bertz CT molecular complexity index is 1140. The average molecular weight is 570 g/mol. The molecule has 0 aliphatic carbocycles. The number of oxazole rings is 1. The van der Waals surface area contributed by atoms with E-state index in [1.54, 1.807) is 0 Å². The van der Waals surface area contributed by atoms with Crippen molar-refractivity contribution in [3.05, 3.63) is 52.7 Å². The molecule has 0 saturated carbocycles. The van der Waals surface area contributed by atoms with Crippen molar-refractivity contribution >= 4 is 18.0 Å². The number of aliphatic carboxylic acids is 1. The van der Waals surface area contributed by atoms with Crippen LogP contribution in [0, 0.1) is 12.8 Å². The summed E-state index contributed by atoms with van der Waals surface area (Å²) < 4.78 is 11.8. The van der Waals surface area contributed by atoms with Gasteiger partial charge in [-0.15, -0.1) is 0 Å². The molecular weight excluding hydrogens is 518 g/mol. The predicted molar refractivity (Wildman–Crippen MR) is 164 cm³/mol. The van der Waals surface area contributed by atoms with Crippen LogP contribution in [0.25, 0.3) is 6.08 Å². The fourth-order valence-electron chi connectivity index (χ4n) is 4.44. The maximum absolute atomic E-state index is 12.8. The third-order valence-corrected chi connectivity index (χ3v) is 6.60. The Labute approximate surface area is 246 Å². The van der Waals surface area contributed by atoms with Gasteiger partial charge in [-0.05, 0) is 82.2 Å². The first kappa shape index (κ1) is 34.1. The highest BCUT2D eigenvalue weighted by molar-refractivity contribution is 5.84. The quantitative estimate of drug-likeness (QED) is 0.257. The maximum Gasteiger partial charge on any atom is 0.326 e. The van der Waals surface area contributed by atoms with Crippen LogP contribution in [0.2, 0.25) is 0 Å². The third-order valence-electron chi connectivity index (χ3n) is 6.60. The van der Waals surface area contributed by atoms with E-state index in [2.05, 4.69) is 31.8 Å². The molecule has 1 aliphatic rings. The standard InChI is InChI=1S/C29H40N2O5.C4H11N/c1-5-6-7-12-28(32)31-19-23-17-24(14-13-22(23)18-26(31)29(33)34)35-16-15-25-21(4)36-27(30-25)11-9-8-10-20(2)3;1-4(2,3)5/h9,11,13-14,17,20,26H,5-8,10,12,15-16,18-19H2,1-4H3,(H,33,34);5H2,1-3H3/b11-9+;/t26-;/m0./s1. The topological polar surface area (TPSA) is 119 Å². The van der Waals surface area contributed by atoms with Crippen molar-refractivity contribution in [2.24, 2.45) is 11.7 Å². The van der Waals surface area contributed by atoms with Crippen molar-refractivity contribution < 1.29 is 23.8 Å². The molecule has 0 fully saturated rings. The molecule has 8 nitrogen and oxygen atoms in total. The van der Waals surface area contributed by atoms with Crippen LogP contribution in [0.3, 0.4) is 0 Å². The maximum atomic E-state index is 12.8. The molecule has 1 atom stereocenters. The van der Waals surface area contributed by atoms with Gasteiger partial charge in [0.25, 0.3) is 0 Å². The molecule has 0 bridgehead atoms. The molecule has 3 rings (SSSR count). The first-order valence-electron chi connectivity index (χ1n) is 15.0. The summed E-state index contributed by atoms with van der Waals surface area (Å²) in [4.78, 5) is 30.7. The summed E-state index contributed by atoms with van der Waals surface area (Å²) in [7, 11) is 0. The number of amides is 1. The van der Waals surface area contributed by atoms with E-state index in [9.17, 15) is 14.7 Å². The third kappa shape index (κ3) is 12.5. The lowest BCUT2D eigenvalue weighted by molar-refractivity contribution is -0.151. The van der Waals surface area contributed by atoms with E-state index in [-0.39, 0.29) is 11.4 Å². The van der Waals surface area contributed by atoms with E-state index in [1.807, 2.05) is 52.0 Å². The highest BCUT2D eigenvalue weighted by Crippen LogP contribution is 2.28. The minimum atomic E-state index is -0.957. The second-order valence-electron chi connectivity index (χ2n) is 12.4. The van der Waals surface area contributed by atoms with Crippen LogP contribution in [0.4, 0.5) is 0 Å². The van der Waals surface area contributed by atoms with Crippen molar-refractivity contribution in [2.75, 3.05) is 6.61 Å². The molecule has 1 amide bonds. The number of carboxylic acid groups (broad SMARTS) is 1. The van der Waals surface area contributed by atoms with Crippen LogP contribution < -0.4 is 10.5 Å². The fraction of sp³-hybridized carbons (Fsp3) is 0.606. The number of aryl methyl sites for hydroxylation is 1. The molecular formula is C33H51N3O5. The van der Waals surface area contributed by atoms with Crippen LogP contribution >= 0.6 is 0 Å². The van der Waals surface area contributed by atoms with E-state index in [4.69, 9.17) is 14.9 Å². The highest BCUT2D eigenvalue weighted by Gasteiger charge is 2.34. The lowest BCUT2D eigenvalue weighted by Gasteiger charge is -2.34. The molecule has 0 spiro atoms. The smallest absolute Gasteiger partial charge is 0.326 e. The zero-order valence-electron chi connectivity index (χ0n) is 26.2. The average Bonchev–Trinajstić information content (AvgIpc) is 3.23. The Morgan fingerprint density at radius 2 is 1.95 bits per heavy atom. The summed E-state index contributed by atoms with van der Waals surface area (Å²) in [6.07, 6.45) is 10.3. The molecule has 228 valence electrons. The number of hydrogen-bond acceptors (Lipinski definition) is 6. The number of fused-ring (bicyclic) bond motifs is 1. The van der Waals surface area contributed by atoms with Crippen molar-refractivity contribution in [3.8, 4) is 5.75 Å². The number of carboxylic acids is 1. The number of hydrogen-bond donors (Lipinski definition) is 2. The van der Waals surface area contributed by atoms with Crippen molar-refractivity contribution in [1.29, 1.82) is 0 Å². The molecule has 0 radical (unpaired) electrons. The molecule has 1 aromatic heterocycles. The lowest BCUT2D eigenvalue weighted by atomic mass is 9.93. The Morgan fingerprint density at radius 3 is 2.59 bits per heavy atom. The fourth-order valence-corrected chi connectivity index (χ4v) is 4.44. The Hall–Kier alpha value is -3.13. The van der Waals surface area contributed by atoms with Crippen LogP contribution in [0.15, 0.2) is 28.7 Å². The Balaban J connectivity index is 0.00000108. The second-order valence-corrected chi connectivity index (χ2v) is 12.4. The van der Waals surface area contributed by atoms with Gasteiger partial charge in [0.15, 0.2) is 0 Å². The predicted octanol–water partition coefficient (Wildman–Crippen LogP) is 6.72. The van der Waals surface area contributed by atoms with Crippen LogP contribution in [0.1, 0.15) is 109 Å². The van der Waals surface area contributed by atoms with E-state index in [0.717, 1.165) is 54.7 Å². The number of rotatable bonds is 13. The number of carbonyl (C=O) groups is 2. The van der Waals surface area contributed by atoms with Gasteiger partial charge in [-0.3, -0.25) is 4.79 Å². The number of unbranched alkanes of at least 4 members (excludes halogenated alkanes) is 2. The molecule has 2 heterocycles. The number of aromatic nitrogens is 1. The SMILES string of the molecule is CC(C)(C)N.CCCCCC(=O)N1Cc2cc(OCCc3nc(/C=C/CCC(C)C)oc3C)ccc2C[C@H]1C(=O)O. The number of ether oxygens (including phenoxy) is 1. The molecule has 0 saturated heterocycles. The monoisotopic (exact) mass is 569 g/mol. The summed E-state index contributed by atoms with van der Waals surface area (Å²) >= 11 is 0. The van der Waals surface area contributed by atoms with Crippen molar-refractivity contribution in [3.63, 3.8) is 0 Å². The molecule has 3 N–H and O–H groups in total. The van der Waals surface area contributed by atoms with E-state index >= 15 is 0 Å². The van der Waals surface area contributed by atoms with Crippen molar-refractivity contribution in [1.82, 2.24) is 9.88 Å². The summed E-state index contributed by atoms with van der Waals surface area (Å²) in [6.45, 7) is 15.0. The minimum absolute atomic E-state index is 0. The second kappa shape index (κ2) is 16.3. The lowest BCUT2D eigenvalue weighted by Crippen LogP contribution is -2.48. The molecule has 8 heteroatoms. The first-order chi connectivity index (χ1) is 19.3. The number of nitrogens with zero attached hydrogens (tertiary/aromatic N) is 2. The highest BCUT2D eigenvalue weighted by atomic mass is 16.5. The van der Waals surface area contributed by atoms with Gasteiger partial charge in [-0.2, -0.15) is 0 Å². The molecule has 1 aliphatic heterocycles. The zero-order valence-corrected chi connectivity index (χ0v) is 26.2. The number of benzene rings is 1. The Morgan fingerprint density at radius 1 is 1.24 bits per heavy atom. The number of nitrogens with two attached hydrogens (primary N) is 1. The molecule has 41 heavy (non-hydrogen) atoms. The van der Waals surface area contributed by atoms with Gasteiger partial charge in [-0.25, -0.2) is 9.78 Å². The van der Waals surface area contributed by atoms with Gasteiger partial charge >= 0.3 is 5.97 Å². The van der Waals surface area contributed by atoms with Crippen molar-refractivity contribution in [2.45, 2.75) is 118 Å². The summed E-state index contributed by atoms with van der Waals surface area (Å²) in [5.74, 6) is 1.74.